The topological polar surface area (TPSA) is 100 Å². The summed E-state index contributed by atoms with van der Waals surface area (Å²) >= 11 is 0. The Bertz CT molecular complexity index is 854. The van der Waals surface area contributed by atoms with E-state index in [1.165, 1.54) is 23.9 Å². The Morgan fingerprint density at radius 2 is 2.18 bits per heavy atom. The van der Waals surface area contributed by atoms with Crippen LogP contribution in [-0.4, -0.2) is 51.0 Å². The molecule has 1 saturated heterocycles. The molecule has 0 aromatic carbocycles. The number of H-pyrrole nitrogens is 1. The second kappa shape index (κ2) is 5.38. The molecule has 0 aliphatic carbocycles. The molecule has 2 aromatic heterocycles. The second-order valence-electron chi connectivity index (χ2n) is 5.47. The maximum atomic E-state index is 12.6. The van der Waals surface area contributed by atoms with Gasteiger partial charge in [0.25, 0.3) is 11.5 Å². The molecule has 0 unspecified atom stereocenters. The molecule has 1 aliphatic rings. The molecule has 1 aliphatic heterocycles. The molecule has 0 spiro atoms. The maximum absolute atomic E-state index is 12.6. The zero-order valence-corrected chi connectivity index (χ0v) is 12.4. The number of pyridine rings is 1. The van der Waals surface area contributed by atoms with Crippen LogP contribution in [0.2, 0.25) is 0 Å². The Hall–Kier alpha value is -2.48. The number of nitrogens with zero attached hydrogens (tertiary/aromatic N) is 3. The summed E-state index contributed by atoms with van der Waals surface area (Å²) in [6.07, 6.45) is 1.41. The summed E-state index contributed by atoms with van der Waals surface area (Å²) in [6.45, 7) is 4.06. The van der Waals surface area contributed by atoms with Crippen molar-refractivity contribution in [3.05, 3.63) is 38.7 Å². The van der Waals surface area contributed by atoms with E-state index in [1.54, 1.807) is 4.90 Å². The first-order chi connectivity index (χ1) is 10.5. The van der Waals surface area contributed by atoms with Gasteiger partial charge in [-0.15, -0.1) is 0 Å². The standard InChI is InChI=1S/C14H17N5O3/c1-8-6-15-3-4-19(8)13(21)9-5-10-11(16-7-9)18(2)14(22)17-12(10)20/h5,7-8,15H,3-4,6H2,1-2H3,(H,17,20,22)/t8-/m1/s1. The number of aryl methyl sites for hydroxylation is 1. The van der Waals surface area contributed by atoms with E-state index in [9.17, 15) is 14.4 Å². The minimum absolute atomic E-state index is 0.0790. The molecule has 22 heavy (non-hydrogen) atoms. The van der Waals surface area contributed by atoms with Crippen LogP contribution in [0.5, 0.6) is 0 Å². The first-order valence-electron chi connectivity index (χ1n) is 7.10. The number of carbonyl (C=O) groups excluding carboxylic acids is 1. The third-order valence-corrected chi connectivity index (χ3v) is 3.96. The predicted octanol–water partition coefficient (Wildman–Crippen LogP) is -0.944. The fourth-order valence-electron chi connectivity index (χ4n) is 2.66. The van der Waals surface area contributed by atoms with Crippen molar-refractivity contribution in [3.63, 3.8) is 0 Å². The number of rotatable bonds is 1. The molecule has 2 N–H and O–H groups in total. The lowest BCUT2D eigenvalue weighted by Gasteiger charge is -2.34. The predicted molar refractivity (Wildman–Crippen MR) is 81.0 cm³/mol. The average Bonchev–Trinajstić information content (AvgIpc) is 2.52. The van der Waals surface area contributed by atoms with Crippen LogP contribution in [0.3, 0.4) is 0 Å². The fourth-order valence-corrected chi connectivity index (χ4v) is 2.66. The summed E-state index contributed by atoms with van der Waals surface area (Å²) in [7, 11) is 1.52. The lowest BCUT2D eigenvalue weighted by molar-refractivity contribution is 0.0655. The molecule has 8 heteroatoms. The summed E-state index contributed by atoms with van der Waals surface area (Å²) in [5.74, 6) is -0.156. The summed E-state index contributed by atoms with van der Waals surface area (Å²) in [5, 5.41) is 3.45. The van der Waals surface area contributed by atoms with Gasteiger partial charge in [0.2, 0.25) is 0 Å². The van der Waals surface area contributed by atoms with Crippen molar-refractivity contribution in [1.82, 2.24) is 24.8 Å². The van der Waals surface area contributed by atoms with Crippen molar-refractivity contribution < 1.29 is 4.79 Å². The fraction of sp³-hybridized carbons (Fsp3) is 0.429. The Labute approximate surface area is 125 Å². The summed E-state index contributed by atoms with van der Waals surface area (Å²) in [6, 6.07) is 1.58. The van der Waals surface area contributed by atoms with Gasteiger partial charge in [0.1, 0.15) is 5.65 Å². The van der Waals surface area contributed by atoms with Gasteiger partial charge < -0.3 is 10.2 Å². The van der Waals surface area contributed by atoms with E-state index in [0.29, 0.717) is 12.1 Å². The van der Waals surface area contributed by atoms with Crippen LogP contribution in [0.4, 0.5) is 0 Å². The first-order valence-corrected chi connectivity index (χ1v) is 7.10. The molecule has 0 radical (unpaired) electrons. The largest absolute Gasteiger partial charge is 0.333 e. The summed E-state index contributed by atoms with van der Waals surface area (Å²) in [5.41, 5.74) is -0.447. The minimum Gasteiger partial charge on any atom is -0.333 e. The summed E-state index contributed by atoms with van der Waals surface area (Å²) in [4.78, 5) is 44.2. The molecule has 8 nitrogen and oxygen atoms in total. The van der Waals surface area contributed by atoms with E-state index in [-0.39, 0.29) is 23.0 Å². The molecule has 1 fully saturated rings. The van der Waals surface area contributed by atoms with Gasteiger partial charge in [-0.2, -0.15) is 0 Å². The number of hydrogen-bond donors (Lipinski definition) is 2. The third kappa shape index (κ3) is 2.31. The highest BCUT2D eigenvalue weighted by atomic mass is 16.2. The van der Waals surface area contributed by atoms with Crippen LogP contribution in [0.1, 0.15) is 17.3 Å². The highest BCUT2D eigenvalue weighted by Gasteiger charge is 2.24. The Morgan fingerprint density at radius 3 is 2.91 bits per heavy atom. The highest BCUT2D eigenvalue weighted by molar-refractivity contribution is 5.97. The molecular weight excluding hydrogens is 286 g/mol. The van der Waals surface area contributed by atoms with E-state index in [0.717, 1.165) is 13.1 Å². The molecule has 3 rings (SSSR count). The van der Waals surface area contributed by atoms with Crippen molar-refractivity contribution in [1.29, 1.82) is 0 Å². The monoisotopic (exact) mass is 303 g/mol. The lowest BCUT2D eigenvalue weighted by atomic mass is 10.1. The quantitative estimate of drug-likeness (QED) is 0.708. The van der Waals surface area contributed by atoms with Gasteiger partial charge in [0.05, 0.1) is 10.9 Å². The normalized spacial score (nSPS) is 18.6. The zero-order valence-electron chi connectivity index (χ0n) is 12.4. The van der Waals surface area contributed by atoms with E-state index in [2.05, 4.69) is 15.3 Å². The zero-order chi connectivity index (χ0) is 15.9. The van der Waals surface area contributed by atoms with Gasteiger partial charge >= 0.3 is 5.69 Å². The molecule has 0 saturated carbocycles. The van der Waals surface area contributed by atoms with Crippen LogP contribution in [0, 0.1) is 0 Å². The van der Waals surface area contributed by atoms with E-state index in [4.69, 9.17) is 0 Å². The third-order valence-electron chi connectivity index (χ3n) is 3.96. The number of hydrogen-bond acceptors (Lipinski definition) is 5. The van der Waals surface area contributed by atoms with Crippen molar-refractivity contribution in [2.75, 3.05) is 19.6 Å². The van der Waals surface area contributed by atoms with E-state index < -0.39 is 11.2 Å². The van der Waals surface area contributed by atoms with Crippen molar-refractivity contribution >= 4 is 16.9 Å². The second-order valence-corrected chi connectivity index (χ2v) is 5.47. The Morgan fingerprint density at radius 1 is 1.41 bits per heavy atom. The number of nitrogens with one attached hydrogen (secondary N) is 2. The van der Waals surface area contributed by atoms with Gasteiger partial charge in [-0.1, -0.05) is 0 Å². The van der Waals surface area contributed by atoms with Crippen LogP contribution in [0.25, 0.3) is 11.0 Å². The number of aromatic amines is 1. The van der Waals surface area contributed by atoms with E-state index in [1.807, 2.05) is 6.92 Å². The minimum atomic E-state index is -0.534. The van der Waals surface area contributed by atoms with Crippen LogP contribution >= 0.6 is 0 Å². The molecule has 1 atom stereocenters. The van der Waals surface area contributed by atoms with Crippen molar-refractivity contribution in [2.45, 2.75) is 13.0 Å². The van der Waals surface area contributed by atoms with Crippen LogP contribution in [-0.2, 0) is 7.05 Å². The summed E-state index contributed by atoms with van der Waals surface area (Å²) < 4.78 is 1.25. The van der Waals surface area contributed by atoms with Gasteiger partial charge in [-0.3, -0.25) is 19.1 Å². The number of amides is 1. The van der Waals surface area contributed by atoms with Crippen LogP contribution < -0.4 is 16.6 Å². The first kappa shape index (κ1) is 14.5. The SMILES string of the molecule is C[C@@H]1CNCCN1C(=O)c1cnc2c(c1)c(=O)[nH]c(=O)n2C. The highest BCUT2D eigenvalue weighted by Crippen LogP contribution is 2.12. The Balaban J connectivity index is 2.07. The molecule has 1 amide bonds. The number of piperazine rings is 1. The number of fused-ring (bicyclic) bond motifs is 1. The van der Waals surface area contributed by atoms with Gasteiger partial charge in [-0.05, 0) is 13.0 Å². The van der Waals surface area contributed by atoms with Crippen molar-refractivity contribution in [2.24, 2.45) is 7.05 Å². The average molecular weight is 303 g/mol. The molecule has 0 bridgehead atoms. The Kier molecular flexibility index (Phi) is 3.53. The van der Waals surface area contributed by atoms with Gasteiger partial charge in [0.15, 0.2) is 0 Å². The number of aromatic nitrogens is 3. The molecule has 3 heterocycles. The molecule has 116 valence electrons. The molecular formula is C14H17N5O3. The molecule has 2 aromatic rings. The van der Waals surface area contributed by atoms with Gasteiger partial charge in [-0.25, -0.2) is 9.78 Å². The smallest absolute Gasteiger partial charge is 0.329 e. The number of carbonyl (C=O) groups is 1. The van der Waals surface area contributed by atoms with Gasteiger partial charge in [0, 0.05) is 38.9 Å². The van der Waals surface area contributed by atoms with Crippen LogP contribution in [0.15, 0.2) is 21.9 Å². The maximum Gasteiger partial charge on any atom is 0.329 e. The van der Waals surface area contributed by atoms with Crippen molar-refractivity contribution in [3.8, 4) is 0 Å². The van der Waals surface area contributed by atoms with E-state index >= 15 is 0 Å². The lowest BCUT2D eigenvalue weighted by Crippen LogP contribution is -2.52.